The van der Waals surface area contributed by atoms with Gasteiger partial charge in [0.05, 0.1) is 5.69 Å². The maximum absolute atomic E-state index is 13.2. The van der Waals surface area contributed by atoms with Crippen LogP contribution in [0.2, 0.25) is 0 Å². The van der Waals surface area contributed by atoms with Gasteiger partial charge in [-0.25, -0.2) is 14.4 Å². The molecule has 1 amide bonds. The lowest BCUT2D eigenvalue weighted by molar-refractivity contribution is -0.132. The summed E-state index contributed by atoms with van der Waals surface area (Å²) in [5, 5.41) is 0. The summed E-state index contributed by atoms with van der Waals surface area (Å²) in [4.78, 5) is 34.3. The molecule has 1 saturated heterocycles. The number of piperidine rings is 1. The highest BCUT2D eigenvalue weighted by Gasteiger charge is 2.24. The van der Waals surface area contributed by atoms with Gasteiger partial charge in [0.15, 0.2) is 11.4 Å². The van der Waals surface area contributed by atoms with Crippen molar-refractivity contribution in [2.75, 3.05) is 18.0 Å². The van der Waals surface area contributed by atoms with Crippen molar-refractivity contribution in [2.24, 2.45) is 11.7 Å². The minimum atomic E-state index is -0.748. The molecule has 8 heteroatoms. The number of ether oxygens (including phenoxy) is 1. The summed E-state index contributed by atoms with van der Waals surface area (Å²) in [6, 6.07) is 14.8. The molecule has 176 valence electrons. The number of aromatic nitrogens is 2. The van der Waals surface area contributed by atoms with E-state index in [0.29, 0.717) is 23.9 Å². The van der Waals surface area contributed by atoms with Crippen LogP contribution in [0, 0.1) is 18.7 Å². The van der Waals surface area contributed by atoms with Crippen LogP contribution in [0.25, 0.3) is 11.1 Å². The Morgan fingerprint density at radius 2 is 1.62 bits per heavy atom. The monoisotopic (exact) mass is 462 g/mol. The van der Waals surface area contributed by atoms with Gasteiger partial charge in [-0.05, 0) is 61.1 Å². The number of hydrogen-bond donors (Lipinski definition) is 1. The summed E-state index contributed by atoms with van der Waals surface area (Å²) in [7, 11) is 0. The summed E-state index contributed by atoms with van der Waals surface area (Å²) in [6.07, 6.45) is 2.54. The van der Waals surface area contributed by atoms with Crippen LogP contribution >= 0.6 is 0 Å². The average Bonchev–Trinajstić information content (AvgIpc) is 2.81. The highest BCUT2D eigenvalue weighted by atomic mass is 19.1. The highest BCUT2D eigenvalue weighted by molar-refractivity contribution is 5.94. The number of hydrogen-bond acceptors (Lipinski definition) is 6. The molecular formula is C26H27FN4O3. The smallest absolute Gasteiger partial charge is 0.308 e. The number of rotatable bonds is 6. The molecule has 0 radical (unpaired) electrons. The van der Waals surface area contributed by atoms with Gasteiger partial charge in [-0.1, -0.05) is 24.3 Å². The Kier molecular flexibility index (Phi) is 6.86. The maximum atomic E-state index is 13.2. The second-order valence-corrected chi connectivity index (χ2v) is 8.55. The van der Waals surface area contributed by atoms with Crippen LogP contribution in [0.15, 0.2) is 48.5 Å². The zero-order chi connectivity index (χ0) is 24.2. The van der Waals surface area contributed by atoms with E-state index in [-0.39, 0.29) is 17.3 Å². The van der Waals surface area contributed by atoms with E-state index in [9.17, 15) is 14.0 Å². The van der Waals surface area contributed by atoms with E-state index in [1.807, 2.05) is 0 Å². The van der Waals surface area contributed by atoms with Gasteiger partial charge in [-0.2, -0.15) is 0 Å². The lowest BCUT2D eigenvalue weighted by atomic mass is 9.92. The molecule has 0 bridgehead atoms. The Morgan fingerprint density at radius 3 is 2.18 bits per heavy atom. The third-order valence-corrected chi connectivity index (χ3v) is 6.06. The number of amides is 1. The van der Waals surface area contributed by atoms with E-state index in [0.717, 1.165) is 42.7 Å². The van der Waals surface area contributed by atoms with Gasteiger partial charge in [0, 0.05) is 32.1 Å². The molecule has 3 aromatic rings. The standard InChI is InChI=1S/C26H27FN4O3/c1-16-25(34-17(2)32)24(26(28)33)30-23(29-16)15-18-11-13-31(14-12-18)22-9-5-20(6-10-22)19-3-7-21(27)8-4-19/h3-10,18H,11-15H2,1-2H3,(H2,28,33). The Bertz CT molecular complexity index is 1190. The van der Waals surface area contributed by atoms with Crippen LogP contribution < -0.4 is 15.4 Å². The van der Waals surface area contributed by atoms with Crippen LogP contribution in [-0.2, 0) is 11.2 Å². The van der Waals surface area contributed by atoms with E-state index in [1.54, 1.807) is 19.1 Å². The first-order chi connectivity index (χ1) is 16.3. The quantitative estimate of drug-likeness (QED) is 0.555. The molecule has 0 saturated carbocycles. The predicted molar refractivity (Wildman–Crippen MR) is 127 cm³/mol. The molecule has 7 nitrogen and oxygen atoms in total. The van der Waals surface area contributed by atoms with Crippen molar-refractivity contribution in [1.82, 2.24) is 9.97 Å². The molecule has 1 fully saturated rings. The fourth-order valence-electron chi connectivity index (χ4n) is 4.31. The minimum Gasteiger partial charge on any atom is -0.422 e. The average molecular weight is 463 g/mol. The number of halogens is 1. The molecular weight excluding hydrogens is 435 g/mol. The van der Waals surface area contributed by atoms with Crippen molar-refractivity contribution in [2.45, 2.75) is 33.1 Å². The zero-order valence-electron chi connectivity index (χ0n) is 19.3. The number of nitrogens with two attached hydrogens (primary N) is 1. The molecule has 2 N–H and O–H groups in total. The predicted octanol–water partition coefficient (Wildman–Crippen LogP) is 4.07. The number of nitrogens with zero attached hydrogens (tertiary/aromatic N) is 3. The van der Waals surface area contributed by atoms with Crippen LogP contribution in [0.3, 0.4) is 0 Å². The van der Waals surface area contributed by atoms with Gasteiger partial charge in [-0.15, -0.1) is 0 Å². The maximum Gasteiger partial charge on any atom is 0.308 e. The fraction of sp³-hybridized carbons (Fsp3) is 0.308. The number of carbonyl (C=O) groups is 2. The number of benzene rings is 2. The lowest BCUT2D eigenvalue weighted by Crippen LogP contribution is -2.34. The fourth-order valence-corrected chi connectivity index (χ4v) is 4.31. The first kappa shape index (κ1) is 23.4. The zero-order valence-corrected chi connectivity index (χ0v) is 19.3. The Morgan fingerprint density at radius 1 is 1.03 bits per heavy atom. The van der Waals surface area contributed by atoms with Crippen molar-refractivity contribution < 1.29 is 18.7 Å². The molecule has 2 aromatic carbocycles. The largest absolute Gasteiger partial charge is 0.422 e. The van der Waals surface area contributed by atoms with E-state index >= 15 is 0 Å². The molecule has 0 unspecified atom stereocenters. The molecule has 1 aliphatic heterocycles. The number of aryl methyl sites for hydroxylation is 1. The van der Waals surface area contributed by atoms with E-state index in [1.165, 1.54) is 19.1 Å². The summed E-state index contributed by atoms with van der Waals surface area (Å²) in [5.74, 6) is -0.613. The third kappa shape index (κ3) is 5.39. The second-order valence-electron chi connectivity index (χ2n) is 8.55. The summed E-state index contributed by atoms with van der Waals surface area (Å²) < 4.78 is 18.3. The van der Waals surface area contributed by atoms with Gasteiger partial charge in [0.2, 0.25) is 0 Å². The van der Waals surface area contributed by atoms with Crippen LogP contribution in [0.4, 0.5) is 10.1 Å². The Hall–Kier alpha value is -3.81. The number of carbonyl (C=O) groups excluding carboxylic acids is 2. The van der Waals surface area contributed by atoms with Gasteiger partial charge < -0.3 is 15.4 Å². The molecule has 0 aliphatic carbocycles. The number of esters is 1. The topological polar surface area (TPSA) is 98.4 Å². The molecule has 34 heavy (non-hydrogen) atoms. The van der Waals surface area contributed by atoms with Gasteiger partial charge in [0.1, 0.15) is 11.6 Å². The van der Waals surface area contributed by atoms with E-state index in [2.05, 4.69) is 39.1 Å². The Labute approximate surface area is 197 Å². The Balaban J connectivity index is 1.39. The summed E-state index contributed by atoms with van der Waals surface area (Å²) in [6.45, 7) is 4.72. The van der Waals surface area contributed by atoms with Gasteiger partial charge in [-0.3, -0.25) is 9.59 Å². The van der Waals surface area contributed by atoms with Crippen molar-refractivity contribution in [3.63, 3.8) is 0 Å². The van der Waals surface area contributed by atoms with Crippen molar-refractivity contribution >= 4 is 17.6 Å². The molecule has 0 atom stereocenters. The molecule has 1 aliphatic rings. The van der Waals surface area contributed by atoms with Crippen molar-refractivity contribution in [3.8, 4) is 16.9 Å². The van der Waals surface area contributed by atoms with E-state index in [4.69, 9.17) is 10.5 Å². The first-order valence-electron chi connectivity index (χ1n) is 11.3. The molecule has 2 heterocycles. The highest BCUT2D eigenvalue weighted by Crippen LogP contribution is 2.29. The van der Waals surface area contributed by atoms with Crippen molar-refractivity contribution in [1.29, 1.82) is 0 Å². The first-order valence-corrected chi connectivity index (χ1v) is 11.3. The van der Waals surface area contributed by atoms with Crippen LogP contribution in [-0.4, -0.2) is 34.9 Å². The van der Waals surface area contributed by atoms with Crippen molar-refractivity contribution in [3.05, 3.63) is 71.6 Å². The molecule has 4 rings (SSSR count). The van der Waals surface area contributed by atoms with Gasteiger partial charge >= 0.3 is 5.97 Å². The van der Waals surface area contributed by atoms with Gasteiger partial charge in [0.25, 0.3) is 5.91 Å². The lowest BCUT2D eigenvalue weighted by Gasteiger charge is -2.33. The van der Waals surface area contributed by atoms with E-state index < -0.39 is 11.9 Å². The summed E-state index contributed by atoms with van der Waals surface area (Å²) >= 11 is 0. The third-order valence-electron chi connectivity index (χ3n) is 6.06. The molecule has 1 aromatic heterocycles. The van der Waals surface area contributed by atoms with Crippen LogP contribution in [0.5, 0.6) is 5.75 Å². The second kappa shape index (κ2) is 9.99. The SMILES string of the molecule is CC(=O)Oc1c(C)nc(CC2CCN(c3ccc(-c4ccc(F)cc4)cc3)CC2)nc1C(N)=O. The normalized spacial score (nSPS) is 14.1. The van der Waals surface area contributed by atoms with Crippen LogP contribution in [0.1, 0.15) is 41.8 Å². The molecule has 0 spiro atoms. The number of anilines is 1. The number of primary amides is 1. The minimum absolute atomic E-state index is 0.0302. The summed E-state index contributed by atoms with van der Waals surface area (Å²) in [5.41, 5.74) is 9.00.